The molecule has 0 amide bonds. The molecule has 1 aliphatic rings. The monoisotopic (exact) mass is 478 g/mol. The zero-order chi connectivity index (χ0) is 24.5. The van der Waals surface area contributed by atoms with Crippen LogP contribution in [0.5, 0.6) is 23.0 Å². The minimum absolute atomic E-state index is 0.00570. The largest absolute Gasteiger partial charge is 0.504 e. The van der Waals surface area contributed by atoms with Crippen LogP contribution in [0.25, 0.3) is 32.7 Å². The fraction of sp³-hybridized carbons (Fsp3) is 0.333. The van der Waals surface area contributed by atoms with Crippen LogP contribution < -0.4 is 20.7 Å². The molecule has 13 nitrogen and oxygen atoms in total. The van der Waals surface area contributed by atoms with E-state index in [1.807, 2.05) is 0 Å². The Bertz CT molecular complexity index is 1520. The molecule has 0 bridgehead atoms. The number of phenols is 2. The van der Waals surface area contributed by atoms with Crippen molar-refractivity contribution in [2.45, 2.75) is 30.7 Å². The predicted octanol–water partition coefficient (Wildman–Crippen LogP) is -0.911. The normalized spacial score (nSPS) is 25.4. The van der Waals surface area contributed by atoms with Crippen molar-refractivity contribution in [3.63, 3.8) is 0 Å². The Morgan fingerprint density at radius 1 is 0.912 bits per heavy atom. The van der Waals surface area contributed by atoms with Gasteiger partial charge in [0.15, 0.2) is 22.7 Å². The SMILES string of the molecule is COc1c(OC2OC(CO)C(O)C(O)C2O)cc2c(=O)oc3c(O)c(O)cc4c(=O)oc1c2c34. The van der Waals surface area contributed by atoms with Crippen LogP contribution in [0.2, 0.25) is 0 Å². The molecule has 1 fully saturated rings. The molecule has 2 aromatic heterocycles. The summed E-state index contributed by atoms with van der Waals surface area (Å²) in [4.78, 5) is 25.4. The molecule has 5 unspecified atom stereocenters. The van der Waals surface area contributed by atoms with Gasteiger partial charge in [0.2, 0.25) is 17.8 Å². The highest BCUT2D eigenvalue weighted by Gasteiger charge is 2.45. The van der Waals surface area contributed by atoms with Crippen LogP contribution in [0.3, 0.4) is 0 Å². The molecule has 13 heteroatoms. The molecule has 0 aliphatic carbocycles. The lowest BCUT2D eigenvalue weighted by molar-refractivity contribution is -0.277. The van der Waals surface area contributed by atoms with E-state index < -0.39 is 65.6 Å². The van der Waals surface area contributed by atoms with Gasteiger partial charge in [0.25, 0.3) is 0 Å². The van der Waals surface area contributed by atoms with Gasteiger partial charge in [0.1, 0.15) is 24.4 Å². The van der Waals surface area contributed by atoms with Crippen LogP contribution in [0, 0.1) is 0 Å². The third kappa shape index (κ3) is 2.99. The van der Waals surface area contributed by atoms with Crippen molar-refractivity contribution in [2.75, 3.05) is 13.7 Å². The second kappa shape index (κ2) is 7.72. The van der Waals surface area contributed by atoms with Gasteiger partial charge in [-0.25, -0.2) is 9.59 Å². The van der Waals surface area contributed by atoms with E-state index in [4.69, 9.17) is 23.0 Å². The standard InChI is InChI=1S/C21H18O13/c1-30-16-8(31-21-15(27)14(26)13(25)9(4-22)32-21)3-6-11-10-5(19(28)34-18(11)16)2-7(23)12(24)17(10)33-20(6)29/h2-3,9,13-15,21-27H,4H2,1H3. The van der Waals surface area contributed by atoms with Crippen LogP contribution in [0.15, 0.2) is 30.6 Å². The molecular formula is C21H18O13. The van der Waals surface area contributed by atoms with Crippen LogP contribution in [-0.2, 0) is 4.74 Å². The smallest absolute Gasteiger partial charge is 0.344 e. The third-order valence-electron chi connectivity index (χ3n) is 5.81. The van der Waals surface area contributed by atoms with Crippen LogP contribution in [0.4, 0.5) is 0 Å². The molecule has 0 radical (unpaired) electrons. The molecule has 2 aromatic carbocycles. The lowest BCUT2D eigenvalue weighted by atomic mass is 9.99. The first-order chi connectivity index (χ1) is 16.2. The van der Waals surface area contributed by atoms with Crippen molar-refractivity contribution in [2.24, 2.45) is 0 Å². The molecule has 3 heterocycles. The number of aliphatic hydroxyl groups is 4. The Morgan fingerprint density at radius 3 is 2.18 bits per heavy atom. The summed E-state index contributed by atoms with van der Waals surface area (Å²) in [6, 6.07) is 2.12. The number of methoxy groups -OCH3 is 1. The Balaban J connectivity index is 1.77. The summed E-state index contributed by atoms with van der Waals surface area (Å²) >= 11 is 0. The third-order valence-corrected chi connectivity index (χ3v) is 5.81. The average Bonchev–Trinajstić information content (AvgIpc) is 2.81. The van der Waals surface area contributed by atoms with Crippen molar-refractivity contribution in [1.29, 1.82) is 0 Å². The number of hydrogen-bond acceptors (Lipinski definition) is 13. The van der Waals surface area contributed by atoms with Crippen molar-refractivity contribution in [3.05, 3.63) is 33.0 Å². The van der Waals surface area contributed by atoms with E-state index in [1.54, 1.807) is 0 Å². The second-order valence-electron chi connectivity index (χ2n) is 7.75. The van der Waals surface area contributed by atoms with Crippen molar-refractivity contribution in [3.8, 4) is 23.0 Å². The van der Waals surface area contributed by atoms with E-state index in [2.05, 4.69) is 0 Å². The van der Waals surface area contributed by atoms with Gasteiger partial charge < -0.3 is 53.7 Å². The van der Waals surface area contributed by atoms with E-state index in [-0.39, 0.29) is 38.6 Å². The summed E-state index contributed by atoms with van der Waals surface area (Å²) in [5, 5.41) is 59.4. The minimum Gasteiger partial charge on any atom is -0.504 e. The van der Waals surface area contributed by atoms with Crippen molar-refractivity contribution >= 4 is 32.7 Å². The highest BCUT2D eigenvalue weighted by Crippen LogP contribution is 2.45. The minimum atomic E-state index is -1.77. The number of rotatable bonds is 4. The fourth-order valence-corrected chi connectivity index (χ4v) is 4.13. The second-order valence-corrected chi connectivity index (χ2v) is 7.75. The van der Waals surface area contributed by atoms with Crippen LogP contribution >= 0.6 is 0 Å². The first-order valence-corrected chi connectivity index (χ1v) is 9.93. The maximum atomic E-state index is 12.7. The predicted molar refractivity (Wildman–Crippen MR) is 111 cm³/mol. The van der Waals surface area contributed by atoms with Gasteiger partial charge in [-0.2, -0.15) is 0 Å². The molecule has 5 rings (SSSR count). The molecule has 34 heavy (non-hydrogen) atoms. The molecule has 5 atom stereocenters. The van der Waals surface area contributed by atoms with Crippen molar-refractivity contribution in [1.82, 2.24) is 0 Å². The van der Waals surface area contributed by atoms with Gasteiger partial charge in [0, 0.05) is 10.8 Å². The zero-order valence-electron chi connectivity index (χ0n) is 17.3. The van der Waals surface area contributed by atoms with E-state index in [0.29, 0.717) is 0 Å². The zero-order valence-corrected chi connectivity index (χ0v) is 17.3. The lowest BCUT2D eigenvalue weighted by Crippen LogP contribution is -2.60. The molecule has 0 saturated carbocycles. The number of benzene rings is 2. The highest BCUT2D eigenvalue weighted by molar-refractivity contribution is 6.22. The Kier molecular flexibility index (Phi) is 5.03. The number of phenolic OH excluding ortho intramolecular Hbond substituents is 2. The van der Waals surface area contributed by atoms with Crippen molar-refractivity contribution < 1.29 is 53.7 Å². The van der Waals surface area contributed by atoms with E-state index in [1.165, 1.54) is 7.11 Å². The van der Waals surface area contributed by atoms with E-state index in [9.17, 15) is 40.2 Å². The number of aliphatic hydroxyl groups excluding tert-OH is 4. The van der Waals surface area contributed by atoms with E-state index in [0.717, 1.165) is 12.1 Å². The molecular weight excluding hydrogens is 460 g/mol. The summed E-state index contributed by atoms with van der Waals surface area (Å²) in [6.45, 7) is -0.697. The van der Waals surface area contributed by atoms with E-state index >= 15 is 0 Å². The Morgan fingerprint density at radius 2 is 1.53 bits per heavy atom. The quantitative estimate of drug-likeness (QED) is 0.119. The lowest BCUT2D eigenvalue weighted by Gasteiger charge is -2.39. The Hall–Kier alpha value is -3.62. The summed E-state index contributed by atoms with van der Waals surface area (Å²) in [6.07, 6.45) is -8.01. The van der Waals surface area contributed by atoms with Gasteiger partial charge in [-0.3, -0.25) is 0 Å². The summed E-state index contributed by atoms with van der Waals surface area (Å²) < 4.78 is 26.8. The summed E-state index contributed by atoms with van der Waals surface area (Å²) in [5.41, 5.74) is -2.64. The maximum absolute atomic E-state index is 12.7. The summed E-state index contributed by atoms with van der Waals surface area (Å²) in [5.74, 6) is -1.91. The molecule has 4 aromatic rings. The van der Waals surface area contributed by atoms with Gasteiger partial charge in [-0.1, -0.05) is 0 Å². The highest BCUT2D eigenvalue weighted by atomic mass is 16.7. The van der Waals surface area contributed by atoms with Gasteiger partial charge in [0.05, 0.1) is 24.5 Å². The maximum Gasteiger partial charge on any atom is 0.344 e. The molecule has 1 aliphatic heterocycles. The number of aromatic hydroxyl groups is 2. The fourth-order valence-electron chi connectivity index (χ4n) is 4.13. The molecule has 180 valence electrons. The summed E-state index contributed by atoms with van der Waals surface area (Å²) in [7, 11) is 1.21. The van der Waals surface area contributed by atoms with Gasteiger partial charge >= 0.3 is 11.3 Å². The number of hydrogen-bond donors (Lipinski definition) is 6. The van der Waals surface area contributed by atoms with Crippen LogP contribution in [-0.4, -0.2) is 75.1 Å². The molecule has 0 spiro atoms. The van der Waals surface area contributed by atoms with Crippen LogP contribution in [0.1, 0.15) is 0 Å². The van der Waals surface area contributed by atoms with Gasteiger partial charge in [-0.15, -0.1) is 0 Å². The molecule has 1 saturated heterocycles. The Labute approximate surface area is 187 Å². The first kappa shape index (κ1) is 22.2. The average molecular weight is 478 g/mol. The van der Waals surface area contributed by atoms with Gasteiger partial charge in [-0.05, 0) is 12.1 Å². The first-order valence-electron chi connectivity index (χ1n) is 9.93. The number of ether oxygens (including phenoxy) is 3. The topological polar surface area (TPSA) is 209 Å². The molecule has 6 N–H and O–H groups in total.